The Hall–Kier alpha value is -0.550. The Morgan fingerprint density at radius 3 is 2.67 bits per heavy atom. The Morgan fingerprint density at radius 2 is 2.08 bits per heavy atom. The summed E-state index contributed by atoms with van der Waals surface area (Å²) in [5, 5.41) is 12.1. The van der Waals surface area contributed by atoms with Crippen molar-refractivity contribution < 1.29 is 0 Å². The van der Waals surface area contributed by atoms with Crippen LogP contribution in [0.15, 0.2) is 0 Å². The van der Waals surface area contributed by atoms with E-state index in [0.717, 1.165) is 24.4 Å². The molecule has 0 heterocycles. The van der Waals surface area contributed by atoms with E-state index in [0.29, 0.717) is 0 Å². The smallest absolute Gasteiger partial charge is 0.0666 e. The Labute approximate surface area is 74.0 Å². The Morgan fingerprint density at radius 1 is 1.42 bits per heavy atom. The maximum Gasteiger partial charge on any atom is 0.0666 e. The van der Waals surface area contributed by atoms with Crippen molar-refractivity contribution in [2.24, 2.45) is 17.8 Å². The van der Waals surface area contributed by atoms with Gasteiger partial charge in [-0.2, -0.15) is 5.26 Å². The van der Waals surface area contributed by atoms with E-state index in [1.165, 1.54) is 19.3 Å². The Kier molecular flexibility index (Phi) is 2.06. The number of rotatable bonds is 3. The molecule has 2 aliphatic rings. The molecule has 0 bridgehead atoms. The van der Waals surface area contributed by atoms with E-state index < -0.39 is 0 Å². The van der Waals surface area contributed by atoms with E-state index >= 15 is 0 Å². The van der Waals surface area contributed by atoms with E-state index in [1.54, 1.807) is 0 Å². The summed E-state index contributed by atoms with van der Waals surface area (Å²) in [6.45, 7) is 2.85. The zero-order valence-corrected chi connectivity index (χ0v) is 7.59. The van der Waals surface area contributed by atoms with Gasteiger partial charge in [0, 0.05) is 12.6 Å². The van der Waals surface area contributed by atoms with Crippen molar-refractivity contribution in [1.82, 2.24) is 5.32 Å². The highest BCUT2D eigenvalue weighted by atomic mass is 14.9. The topological polar surface area (TPSA) is 35.8 Å². The maximum atomic E-state index is 8.58. The van der Waals surface area contributed by atoms with Crippen molar-refractivity contribution >= 4 is 0 Å². The van der Waals surface area contributed by atoms with Gasteiger partial charge in [-0.25, -0.2) is 0 Å². The summed E-state index contributed by atoms with van der Waals surface area (Å²) in [6, 6.07) is 2.98. The molecule has 0 aliphatic heterocycles. The SMILES string of the molecule is CC(C#N)CNC1CC2CC2C1. The van der Waals surface area contributed by atoms with Crippen molar-refractivity contribution in [3.63, 3.8) is 0 Å². The molecule has 2 fully saturated rings. The van der Waals surface area contributed by atoms with Gasteiger partial charge in [0.05, 0.1) is 12.0 Å². The molecule has 0 radical (unpaired) electrons. The molecule has 0 aromatic carbocycles. The lowest BCUT2D eigenvalue weighted by Gasteiger charge is -2.14. The first-order valence-corrected chi connectivity index (χ1v) is 4.92. The van der Waals surface area contributed by atoms with Gasteiger partial charge in [-0.15, -0.1) is 0 Å². The maximum absolute atomic E-state index is 8.58. The van der Waals surface area contributed by atoms with E-state index in [1.807, 2.05) is 6.92 Å². The molecular formula is C10H16N2. The highest BCUT2D eigenvalue weighted by Gasteiger charge is 2.45. The lowest BCUT2D eigenvalue weighted by atomic mass is 10.1. The molecule has 12 heavy (non-hydrogen) atoms. The van der Waals surface area contributed by atoms with Crippen LogP contribution in [0.5, 0.6) is 0 Å². The normalized spacial score (nSPS) is 40.2. The van der Waals surface area contributed by atoms with Gasteiger partial charge in [-0.05, 0) is 38.0 Å². The molecule has 2 nitrogen and oxygen atoms in total. The van der Waals surface area contributed by atoms with Crippen molar-refractivity contribution in [3.05, 3.63) is 0 Å². The molecule has 3 unspecified atom stereocenters. The second-order valence-corrected chi connectivity index (χ2v) is 4.36. The molecule has 2 heteroatoms. The van der Waals surface area contributed by atoms with Gasteiger partial charge < -0.3 is 5.32 Å². The number of nitriles is 1. The lowest BCUT2D eigenvalue weighted by Crippen LogP contribution is -2.31. The minimum Gasteiger partial charge on any atom is -0.313 e. The van der Waals surface area contributed by atoms with Gasteiger partial charge in [-0.3, -0.25) is 0 Å². The zero-order valence-electron chi connectivity index (χ0n) is 7.59. The monoisotopic (exact) mass is 164 g/mol. The molecule has 3 atom stereocenters. The third kappa shape index (κ3) is 1.61. The molecular weight excluding hydrogens is 148 g/mol. The summed E-state index contributed by atoms with van der Waals surface area (Å²) in [7, 11) is 0. The highest BCUT2D eigenvalue weighted by molar-refractivity contribution is 4.99. The van der Waals surface area contributed by atoms with E-state index in [2.05, 4.69) is 11.4 Å². The minimum absolute atomic E-state index is 0.168. The first kappa shape index (κ1) is 8.07. The van der Waals surface area contributed by atoms with Gasteiger partial charge >= 0.3 is 0 Å². The predicted molar refractivity (Wildman–Crippen MR) is 47.4 cm³/mol. The summed E-state index contributed by atoms with van der Waals surface area (Å²) in [4.78, 5) is 0. The number of hydrogen-bond acceptors (Lipinski definition) is 2. The second kappa shape index (κ2) is 3.06. The van der Waals surface area contributed by atoms with Crippen LogP contribution in [0.3, 0.4) is 0 Å². The fourth-order valence-electron chi connectivity index (χ4n) is 2.27. The lowest BCUT2D eigenvalue weighted by molar-refractivity contribution is 0.459. The van der Waals surface area contributed by atoms with Gasteiger partial charge in [0.1, 0.15) is 0 Å². The fourth-order valence-corrected chi connectivity index (χ4v) is 2.27. The molecule has 0 aromatic heterocycles. The van der Waals surface area contributed by atoms with Crippen LogP contribution in [0.25, 0.3) is 0 Å². The van der Waals surface area contributed by atoms with Crippen LogP contribution < -0.4 is 5.32 Å². The summed E-state index contributed by atoms with van der Waals surface area (Å²) >= 11 is 0. The van der Waals surface area contributed by atoms with Crippen LogP contribution >= 0.6 is 0 Å². The number of nitrogens with zero attached hydrogens (tertiary/aromatic N) is 1. The largest absolute Gasteiger partial charge is 0.313 e. The number of nitrogens with one attached hydrogen (secondary N) is 1. The zero-order chi connectivity index (χ0) is 8.55. The quantitative estimate of drug-likeness (QED) is 0.686. The van der Waals surface area contributed by atoms with Crippen LogP contribution in [0.4, 0.5) is 0 Å². The standard InChI is InChI=1S/C10H16N2/c1-7(5-11)6-12-10-3-8-2-9(8)4-10/h7-10,12H,2-4,6H2,1H3. The third-order valence-corrected chi connectivity index (χ3v) is 3.18. The first-order valence-electron chi connectivity index (χ1n) is 4.92. The molecule has 66 valence electrons. The second-order valence-electron chi connectivity index (χ2n) is 4.36. The summed E-state index contributed by atoms with van der Waals surface area (Å²) in [5.41, 5.74) is 0. The van der Waals surface area contributed by atoms with E-state index in [4.69, 9.17) is 5.26 Å². The predicted octanol–water partition coefficient (Wildman–Crippen LogP) is 1.53. The van der Waals surface area contributed by atoms with Gasteiger partial charge in [0.2, 0.25) is 0 Å². The van der Waals surface area contributed by atoms with Crippen LogP contribution in [0.1, 0.15) is 26.2 Å². The summed E-state index contributed by atoms with van der Waals surface area (Å²) < 4.78 is 0. The third-order valence-electron chi connectivity index (χ3n) is 3.18. The fraction of sp³-hybridized carbons (Fsp3) is 0.900. The van der Waals surface area contributed by atoms with Crippen LogP contribution in [-0.4, -0.2) is 12.6 Å². The molecule has 2 saturated carbocycles. The van der Waals surface area contributed by atoms with Crippen molar-refractivity contribution in [1.29, 1.82) is 5.26 Å². The molecule has 0 aromatic rings. The van der Waals surface area contributed by atoms with Gasteiger partial charge in [0.25, 0.3) is 0 Å². The number of hydrogen-bond donors (Lipinski definition) is 1. The molecule has 2 aliphatic carbocycles. The Balaban J connectivity index is 1.65. The molecule has 0 saturated heterocycles. The van der Waals surface area contributed by atoms with E-state index in [-0.39, 0.29) is 5.92 Å². The average molecular weight is 164 g/mol. The van der Waals surface area contributed by atoms with Crippen molar-refractivity contribution in [3.8, 4) is 6.07 Å². The van der Waals surface area contributed by atoms with Gasteiger partial charge in [-0.1, -0.05) is 0 Å². The van der Waals surface area contributed by atoms with E-state index in [9.17, 15) is 0 Å². The Bertz CT molecular complexity index is 196. The average Bonchev–Trinajstić information content (AvgIpc) is 2.70. The highest BCUT2D eigenvalue weighted by Crippen LogP contribution is 2.51. The first-order chi connectivity index (χ1) is 5.79. The van der Waals surface area contributed by atoms with Crippen molar-refractivity contribution in [2.75, 3.05) is 6.54 Å². The van der Waals surface area contributed by atoms with Crippen LogP contribution in [0.2, 0.25) is 0 Å². The minimum atomic E-state index is 0.168. The summed E-state index contributed by atoms with van der Waals surface area (Å²) in [5.74, 6) is 2.25. The number of fused-ring (bicyclic) bond motifs is 1. The molecule has 1 N–H and O–H groups in total. The van der Waals surface area contributed by atoms with Crippen LogP contribution in [0, 0.1) is 29.1 Å². The van der Waals surface area contributed by atoms with Crippen molar-refractivity contribution in [2.45, 2.75) is 32.2 Å². The van der Waals surface area contributed by atoms with Gasteiger partial charge in [0.15, 0.2) is 0 Å². The molecule has 2 rings (SSSR count). The molecule has 0 spiro atoms. The van der Waals surface area contributed by atoms with Crippen LogP contribution in [-0.2, 0) is 0 Å². The molecule has 0 amide bonds. The summed E-state index contributed by atoms with van der Waals surface area (Å²) in [6.07, 6.45) is 4.21.